The van der Waals surface area contributed by atoms with Gasteiger partial charge in [0.15, 0.2) is 0 Å². The number of likely N-dealkylation sites (tertiary alicyclic amines) is 1. The van der Waals surface area contributed by atoms with Crippen molar-refractivity contribution in [2.45, 2.75) is 5.92 Å². The molecular weight excluding hydrogens is 138 g/mol. The zero-order valence-electron chi connectivity index (χ0n) is 6.57. The largest absolute Gasteiger partial charge is 0.305 e. The highest BCUT2D eigenvalue weighted by molar-refractivity contribution is 5.10. The van der Waals surface area contributed by atoms with Crippen LogP contribution in [0.25, 0.3) is 0 Å². The summed E-state index contributed by atoms with van der Waals surface area (Å²) in [5.74, 6) is 0.642. The number of nitrogens with zero attached hydrogens (tertiary/aromatic N) is 3. The smallest absolute Gasteiger partial charge is 0.115 e. The van der Waals surface area contributed by atoms with Crippen LogP contribution in [0.4, 0.5) is 0 Å². The Labute approximate surface area is 66.1 Å². The van der Waals surface area contributed by atoms with Crippen molar-refractivity contribution in [2.24, 2.45) is 0 Å². The van der Waals surface area contributed by atoms with E-state index in [1.54, 1.807) is 12.5 Å². The van der Waals surface area contributed by atoms with Crippen LogP contribution in [0.3, 0.4) is 0 Å². The second kappa shape index (κ2) is 2.58. The van der Waals surface area contributed by atoms with Crippen LogP contribution in [-0.2, 0) is 0 Å². The second-order valence-electron chi connectivity index (χ2n) is 3.05. The molecule has 0 unspecified atom stereocenters. The first-order valence-electron chi connectivity index (χ1n) is 3.81. The molecule has 0 bridgehead atoms. The first kappa shape index (κ1) is 6.73. The molecule has 0 spiro atoms. The van der Waals surface area contributed by atoms with Crippen molar-refractivity contribution in [2.75, 3.05) is 20.1 Å². The summed E-state index contributed by atoms with van der Waals surface area (Å²) < 4.78 is 0. The summed E-state index contributed by atoms with van der Waals surface area (Å²) >= 11 is 0. The van der Waals surface area contributed by atoms with Gasteiger partial charge in [0.25, 0.3) is 0 Å². The second-order valence-corrected chi connectivity index (χ2v) is 3.05. The Morgan fingerprint density at radius 2 is 2.36 bits per heavy atom. The molecule has 3 heteroatoms. The van der Waals surface area contributed by atoms with Gasteiger partial charge in [0, 0.05) is 30.9 Å². The number of rotatable bonds is 1. The van der Waals surface area contributed by atoms with Crippen LogP contribution in [0, 0.1) is 0 Å². The van der Waals surface area contributed by atoms with E-state index in [1.165, 1.54) is 5.69 Å². The minimum absolute atomic E-state index is 0.642. The SMILES string of the molecule is CN1CC(c2ccncn2)C1. The standard InChI is InChI=1S/C8H11N3/c1-11-4-7(5-11)8-2-3-9-6-10-8/h2-3,6-7H,4-5H2,1H3. The van der Waals surface area contributed by atoms with Crippen molar-refractivity contribution in [3.05, 3.63) is 24.3 Å². The molecule has 0 radical (unpaired) electrons. The molecule has 0 N–H and O–H groups in total. The van der Waals surface area contributed by atoms with E-state index in [0.717, 1.165) is 13.1 Å². The first-order valence-corrected chi connectivity index (χ1v) is 3.81. The maximum atomic E-state index is 4.20. The quantitative estimate of drug-likeness (QED) is 0.582. The molecule has 3 nitrogen and oxygen atoms in total. The summed E-state index contributed by atoms with van der Waals surface area (Å²) in [4.78, 5) is 10.4. The van der Waals surface area contributed by atoms with Crippen LogP contribution >= 0.6 is 0 Å². The van der Waals surface area contributed by atoms with E-state index in [4.69, 9.17) is 0 Å². The molecule has 0 amide bonds. The van der Waals surface area contributed by atoms with Crippen LogP contribution in [0.1, 0.15) is 11.6 Å². The fourth-order valence-corrected chi connectivity index (χ4v) is 1.43. The third-order valence-corrected chi connectivity index (χ3v) is 2.09. The minimum atomic E-state index is 0.642. The van der Waals surface area contributed by atoms with Gasteiger partial charge in [0.2, 0.25) is 0 Å². The summed E-state index contributed by atoms with van der Waals surface area (Å²) in [5.41, 5.74) is 1.18. The van der Waals surface area contributed by atoms with Gasteiger partial charge >= 0.3 is 0 Å². The Morgan fingerprint density at radius 1 is 1.55 bits per heavy atom. The molecule has 1 aromatic heterocycles. The van der Waals surface area contributed by atoms with Crippen molar-refractivity contribution >= 4 is 0 Å². The van der Waals surface area contributed by atoms with Gasteiger partial charge in [-0.1, -0.05) is 0 Å². The van der Waals surface area contributed by atoms with E-state index in [-0.39, 0.29) is 0 Å². The Balaban J connectivity index is 2.08. The van der Waals surface area contributed by atoms with Crippen LogP contribution in [0.5, 0.6) is 0 Å². The first-order chi connectivity index (χ1) is 5.36. The summed E-state index contributed by atoms with van der Waals surface area (Å²) in [6.07, 6.45) is 3.42. The van der Waals surface area contributed by atoms with E-state index >= 15 is 0 Å². The van der Waals surface area contributed by atoms with Crippen LogP contribution in [0.15, 0.2) is 18.6 Å². The molecule has 1 fully saturated rings. The molecule has 11 heavy (non-hydrogen) atoms. The molecule has 0 atom stereocenters. The predicted octanol–water partition coefficient (Wildman–Crippen LogP) is 0.506. The van der Waals surface area contributed by atoms with Gasteiger partial charge in [-0.2, -0.15) is 0 Å². The van der Waals surface area contributed by atoms with Crippen LogP contribution in [0.2, 0.25) is 0 Å². The summed E-state index contributed by atoms with van der Waals surface area (Å²) in [7, 11) is 2.12. The average molecular weight is 149 g/mol. The van der Waals surface area contributed by atoms with Gasteiger partial charge in [-0.25, -0.2) is 9.97 Å². The number of hydrogen-bond acceptors (Lipinski definition) is 3. The van der Waals surface area contributed by atoms with Crippen LogP contribution in [-0.4, -0.2) is 35.0 Å². The average Bonchev–Trinajstić information content (AvgIpc) is 2.01. The normalized spacial score (nSPS) is 19.7. The Bertz CT molecular complexity index is 228. The van der Waals surface area contributed by atoms with Gasteiger partial charge in [-0.3, -0.25) is 0 Å². The Morgan fingerprint density at radius 3 is 2.91 bits per heavy atom. The van der Waals surface area contributed by atoms with E-state index in [0.29, 0.717) is 5.92 Å². The topological polar surface area (TPSA) is 29.0 Å². The summed E-state index contributed by atoms with van der Waals surface area (Å²) in [5, 5.41) is 0. The Kier molecular flexibility index (Phi) is 1.58. The summed E-state index contributed by atoms with van der Waals surface area (Å²) in [6.45, 7) is 2.27. The molecule has 58 valence electrons. The third kappa shape index (κ3) is 1.24. The molecular formula is C8H11N3. The Hall–Kier alpha value is -0.960. The molecule has 0 saturated carbocycles. The van der Waals surface area contributed by atoms with Gasteiger partial charge < -0.3 is 4.90 Å². The fourth-order valence-electron chi connectivity index (χ4n) is 1.43. The molecule has 1 aliphatic heterocycles. The lowest BCUT2D eigenvalue weighted by molar-refractivity contribution is 0.186. The van der Waals surface area contributed by atoms with Gasteiger partial charge in [0.05, 0.1) is 0 Å². The lowest BCUT2D eigenvalue weighted by Gasteiger charge is -2.35. The minimum Gasteiger partial charge on any atom is -0.305 e. The molecule has 0 aromatic carbocycles. The highest BCUT2D eigenvalue weighted by Gasteiger charge is 2.25. The zero-order valence-corrected chi connectivity index (χ0v) is 6.57. The third-order valence-electron chi connectivity index (χ3n) is 2.09. The molecule has 2 rings (SSSR count). The molecule has 1 saturated heterocycles. The maximum absolute atomic E-state index is 4.20. The molecule has 1 aliphatic rings. The zero-order chi connectivity index (χ0) is 7.68. The predicted molar refractivity (Wildman–Crippen MR) is 42.3 cm³/mol. The molecule has 1 aromatic rings. The van der Waals surface area contributed by atoms with E-state index in [1.807, 2.05) is 6.07 Å². The van der Waals surface area contributed by atoms with E-state index in [2.05, 4.69) is 21.9 Å². The van der Waals surface area contributed by atoms with Crippen molar-refractivity contribution in [3.8, 4) is 0 Å². The lowest BCUT2D eigenvalue weighted by atomic mass is 9.97. The number of aromatic nitrogens is 2. The van der Waals surface area contributed by atoms with Crippen molar-refractivity contribution in [1.29, 1.82) is 0 Å². The van der Waals surface area contributed by atoms with Crippen molar-refractivity contribution < 1.29 is 0 Å². The van der Waals surface area contributed by atoms with Gasteiger partial charge in [-0.15, -0.1) is 0 Å². The van der Waals surface area contributed by atoms with E-state index in [9.17, 15) is 0 Å². The van der Waals surface area contributed by atoms with Crippen LogP contribution < -0.4 is 0 Å². The number of likely N-dealkylation sites (N-methyl/N-ethyl adjacent to an activating group) is 1. The maximum Gasteiger partial charge on any atom is 0.115 e. The van der Waals surface area contributed by atoms with Gasteiger partial charge in [-0.05, 0) is 13.1 Å². The lowest BCUT2D eigenvalue weighted by Crippen LogP contribution is -2.42. The highest BCUT2D eigenvalue weighted by atomic mass is 15.2. The number of hydrogen-bond donors (Lipinski definition) is 0. The summed E-state index contributed by atoms with van der Waals surface area (Å²) in [6, 6.07) is 2.00. The van der Waals surface area contributed by atoms with Crippen molar-refractivity contribution in [3.63, 3.8) is 0 Å². The van der Waals surface area contributed by atoms with Gasteiger partial charge in [0.1, 0.15) is 6.33 Å². The molecule has 2 heterocycles. The fraction of sp³-hybridized carbons (Fsp3) is 0.500. The van der Waals surface area contributed by atoms with Crippen molar-refractivity contribution in [1.82, 2.24) is 14.9 Å². The monoisotopic (exact) mass is 149 g/mol. The highest BCUT2D eigenvalue weighted by Crippen LogP contribution is 2.22. The van der Waals surface area contributed by atoms with E-state index < -0.39 is 0 Å². The molecule has 0 aliphatic carbocycles.